The summed E-state index contributed by atoms with van der Waals surface area (Å²) >= 11 is 0. The molecule has 2 saturated carbocycles. The van der Waals surface area contributed by atoms with Crippen LogP contribution in [0.5, 0.6) is 0 Å². The Bertz CT molecular complexity index is 521. The molecule has 192 valence electrons. The van der Waals surface area contributed by atoms with Crippen molar-refractivity contribution in [2.24, 2.45) is 29.6 Å². The molecule has 0 aromatic heterocycles. The van der Waals surface area contributed by atoms with E-state index in [0.29, 0.717) is 17.9 Å². The molecular formula is C32H58O. The maximum atomic E-state index is 5.54. The molecule has 1 unspecified atom stereocenters. The molecule has 4 rings (SSSR count). The van der Waals surface area contributed by atoms with Crippen molar-refractivity contribution >= 4 is 0 Å². The Hall–Kier alpha value is -0.820. The topological polar surface area (TPSA) is 9.23 Å². The van der Waals surface area contributed by atoms with Crippen LogP contribution in [0.2, 0.25) is 0 Å². The smallest absolute Gasteiger partial charge is 0.0598 e. The van der Waals surface area contributed by atoms with Crippen molar-refractivity contribution in [1.29, 1.82) is 0 Å². The second-order valence-corrected chi connectivity index (χ2v) is 11.9. The van der Waals surface area contributed by atoms with Crippen LogP contribution >= 0.6 is 0 Å². The lowest BCUT2D eigenvalue weighted by atomic mass is 9.82. The van der Waals surface area contributed by atoms with Gasteiger partial charge in [0.2, 0.25) is 0 Å². The largest absolute Gasteiger partial charge is 0.378 e. The molecule has 0 spiro atoms. The standard InChI is InChI=1S/C9H18.C9H12.C8H16O.C6H12/c2*1-8(2)9-6-4-3-5-7-9;1-7(2)8-5-3-4-6-9-8;1-5(2)6-3-4-6/h8-9H,3-7H2,1-2H3;3-8H,1-2H3;7-8H,3-6H2,1-2H3;5-6H,3-4H2,1-2H3. The molecule has 3 fully saturated rings. The number of rotatable bonds is 4. The van der Waals surface area contributed by atoms with E-state index in [4.69, 9.17) is 4.74 Å². The first kappa shape index (κ1) is 30.2. The van der Waals surface area contributed by atoms with Crippen LogP contribution in [0.15, 0.2) is 30.3 Å². The molecule has 1 saturated heterocycles. The van der Waals surface area contributed by atoms with Gasteiger partial charge in [0.25, 0.3) is 0 Å². The Morgan fingerprint density at radius 3 is 1.36 bits per heavy atom. The summed E-state index contributed by atoms with van der Waals surface area (Å²) in [5.41, 5.74) is 1.41. The summed E-state index contributed by atoms with van der Waals surface area (Å²) in [7, 11) is 0. The summed E-state index contributed by atoms with van der Waals surface area (Å²) in [6.07, 6.45) is 14.9. The monoisotopic (exact) mass is 458 g/mol. The lowest BCUT2D eigenvalue weighted by Crippen LogP contribution is -2.24. The minimum Gasteiger partial charge on any atom is -0.378 e. The first-order valence-electron chi connectivity index (χ1n) is 14.4. The molecule has 1 aromatic carbocycles. The molecular weight excluding hydrogens is 400 g/mol. The van der Waals surface area contributed by atoms with Gasteiger partial charge in [-0.2, -0.15) is 0 Å². The Kier molecular flexibility index (Phi) is 16.1. The van der Waals surface area contributed by atoms with Crippen LogP contribution in [0, 0.1) is 29.6 Å². The fraction of sp³-hybridized carbons (Fsp3) is 0.812. The summed E-state index contributed by atoms with van der Waals surface area (Å²) in [4.78, 5) is 0. The molecule has 2 aliphatic carbocycles. The summed E-state index contributed by atoms with van der Waals surface area (Å²) < 4.78 is 5.54. The predicted octanol–water partition coefficient (Wildman–Crippen LogP) is 10.3. The SMILES string of the molecule is CC(C)C1CC1.CC(C)C1CCCCC1.CC(C)C1CCCCO1.CC(C)c1ccccc1. The third kappa shape index (κ3) is 14.9. The highest BCUT2D eigenvalue weighted by molar-refractivity contribution is 5.17. The molecule has 1 atom stereocenters. The van der Waals surface area contributed by atoms with Gasteiger partial charge in [0.05, 0.1) is 6.10 Å². The summed E-state index contributed by atoms with van der Waals surface area (Å²) in [6.45, 7) is 19.2. The van der Waals surface area contributed by atoms with E-state index in [1.165, 1.54) is 69.8 Å². The first-order valence-corrected chi connectivity index (χ1v) is 14.4. The lowest BCUT2D eigenvalue weighted by molar-refractivity contribution is -0.0115. The van der Waals surface area contributed by atoms with Crippen molar-refractivity contribution in [2.75, 3.05) is 6.61 Å². The van der Waals surface area contributed by atoms with Crippen molar-refractivity contribution in [2.45, 2.75) is 132 Å². The number of ether oxygens (including phenoxy) is 1. The Balaban J connectivity index is 0.000000222. The number of hydrogen-bond acceptors (Lipinski definition) is 1. The van der Waals surface area contributed by atoms with E-state index >= 15 is 0 Å². The molecule has 1 aromatic rings. The van der Waals surface area contributed by atoms with Crippen LogP contribution < -0.4 is 0 Å². The number of hydrogen-bond donors (Lipinski definition) is 0. The molecule has 0 bridgehead atoms. The zero-order valence-electron chi connectivity index (χ0n) is 23.6. The van der Waals surface area contributed by atoms with E-state index in [-0.39, 0.29) is 0 Å². The summed E-state index contributed by atoms with van der Waals surface area (Å²) in [6, 6.07) is 10.5. The Labute approximate surface area is 208 Å². The van der Waals surface area contributed by atoms with Crippen LogP contribution in [0.1, 0.15) is 131 Å². The average molecular weight is 459 g/mol. The first-order chi connectivity index (χ1) is 15.7. The van der Waals surface area contributed by atoms with Crippen molar-refractivity contribution in [3.05, 3.63) is 35.9 Å². The van der Waals surface area contributed by atoms with Crippen molar-refractivity contribution in [3.8, 4) is 0 Å². The molecule has 0 radical (unpaired) electrons. The normalized spacial score (nSPS) is 21.0. The molecule has 3 aliphatic rings. The molecule has 0 N–H and O–H groups in total. The molecule has 1 heteroatoms. The fourth-order valence-corrected chi connectivity index (χ4v) is 4.69. The van der Waals surface area contributed by atoms with E-state index in [1.54, 1.807) is 0 Å². The van der Waals surface area contributed by atoms with E-state index in [1.807, 2.05) is 6.07 Å². The van der Waals surface area contributed by atoms with Gasteiger partial charge in [-0.1, -0.05) is 118 Å². The lowest BCUT2D eigenvalue weighted by Gasteiger charge is -2.25. The van der Waals surface area contributed by atoms with Gasteiger partial charge in [-0.05, 0) is 73.2 Å². The molecule has 33 heavy (non-hydrogen) atoms. The molecule has 0 amide bonds. The van der Waals surface area contributed by atoms with Crippen LogP contribution in [-0.4, -0.2) is 12.7 Å². The van der Waals surface area contributed by atoms with Gasteiger partial charge in [-0.25, -0.2) is 0 Å². The fourth-order valence-electron chi connectivity index (χ4n) is 4.69. The Morgan fingerprint density at radius 2 is 1.09 bits per heavy atom. The highest BCUT2D eigenvalue weighted by atomic mass is 16.5. The summed E-state index contributed by atoms with van der Waals surface area (Å²) in [5, 5.41) is 0. The van der Waals surface area contributed by atoms with Gasteiger partial charge in [-0.15, -0.1) is 0 Å². The van der Waals surface area contributed by atoms with Gasteiger partial charge >= 0.3 is 0 Å². The van der Waals surface area contributed by atoms with Crippen LogP contribution in [0.25, 0.3) is 0 Å². The Morgan fingerprint density at radius 1 is 0.576 bits per heavy atom. The average Bonchev–Trinajstić information content (AvgIpc) is 3.68. The second kappa shape index (κ2) is 17.6. The minimum absolute atomic E-state index is 0.554. The zero-order valence-corrected chi connectivity index (χ0v) is 23.6. The van der Waals surface area contributed by atoms with Crippen molar-refractivity contribution < 1.29 is 4.74 Å². The third-order valence-corrected chi connectivity index (χ3v) is 7.58. The number of benzene rings is 1. The molecule has 1 nitrogen and oxygen atoms in total. The molecule has 1 aliphatic heterocycles. The van der Waals surface area contributed by atoms with E-state index < -0.39 is 0 Å². The predicted molar refractivity (Wildman–Crippen MR) is 148 cm³/mol. The van der Waals surface area contributed by atoms with Crippen LogP contribution in [0.4, 0.5) is 0 Å². The maximum Gasteiger partial charge on any atom is 0.0598 e. The molecule has 1 heterocycles. The minimum atomic E-state index is 0.554. The highest BCUT2D eigenvalue weighted by Crippen LogP contribution is 2.35. The van der Waals surface area contributed by atoms with Gasteiger partial charge < -0.3 is 4.74 Å². The second-order valence-electron chi connectivity index (χ2n) is 11.9. The van der Waals surface area contributed by atoms with E-state index in [0.717, 1.165) is 30.3 Å². The van der Waals surface area contributed by atoms with E-state index in [9.17, 15) is 0 Å². The third-order valence-electron chi connectivity index (χ3n) is 7.58. The van der Waals surface area contributed by atoms with Gasteiger partial charge in [0.15, 0.2) is 0 Å². The van der Waals surface area contributed by atoms with Crippen molar-refractivity contribution in [3.63, 3.8) is 0 Å². The van der Waals surface area contributed by atoms with E-state index in [2.05, 4.69) is 79.7 Å². The van der Waals surface area contributed by atoms with Gasteiger partial charge in [0.1, 0.15) is 0 Å². The zero-order chi connectivity index (χ0) is 24.6. The maximum absolute atomic E-state index is 5.54. The van der Waals surface area contributed by atoms with Crippen molar-refractivity contribution in [1.82, 2.24) is 0 Å². The highest BCUT2D eigenvalue weighted by Gasteiger charge is 2.24. The van der Waals surface area contributed by atoms with Crippen LogP contribution in [-0.2, 0) is 4.74 Å². The van der Waals surface area contributed by atoms with Gasteiger partial charge in [-0.3, -0.25) is 0 Å². The van der Waals surface area contributed by atoms with Gasteiger partial charge in [0, 0.05) is 6.61 Å². The quantitative estimate of drug-likeness (QED) is 0.436. The summed E-state index contributed by atoms with van der Waals surface area (Å²) in [5.74, 6) is 5.43. The van der Waals surface area contributed by atoms with Crippen LogP contribution in [0.3, 0.4) is 0 Å².